The van der Waals surface area contributed by atoms with Crippen molar-refractivity contribution in [3.63, 3.8) is 0 Å². The molecule has 0 aromatic carbocycles. The van der Waals surface area contributed by atoms with Crippen LogP contribution in [0.1, 0.15) is 39.3 Å². The Balaban J connectivity index is 0.00000289. The zero-order chi connectivity index (χ0) is 13.2. The summed E-state index contributed by atoms with van der Waals surface area (Å²) < 4.78 is 1.71. The Hall–Kier alpha value is -1.07. The highest BCUT2D eigenvalue weighted by Crippen LogP contribution is 2.18. The van der Waals surface area contributed by atoms with Crippen LogP contribution in [-0.2, 0) is 11.8 Å². The van der Waals surface area contributed by atoms with Crippen LogP contribution in [0.2, 0.25) is 0 Å². The summed E-state index contributed by atoms with van der Waals surface area (Å²) in [5, 5.41) is 6.97. The molecule has 0 fully saturated rings. The van der Waals surface area contributed by atoms with Crippen molar-refractivity contribution >= 4 is 18.3 Å². The zero-order valence-electron chi connectivity index (χ0n) is 11.6. The number of rotatable bonds is 3. The quantitative estimate of drug-likeness (QED) is 0.875. The van der Waals surface area contributed by atoms with Gasteiger partial charge in [-0.1, -0.05) is 20.8 Å². The van der Waals surface area contributed by atoms with Crippen LogP contribution >= 0.6 is 12.4 Å². The first kappa shape index (κ1) is 16.9. The first-order valence-corrected chi connectivity index (χ1v) is 5.76. The number of nitrogens with zero attached hydrogens (tertiary/aromatic N) is 2. The second-order valence-electron chi connectivity index (χ2n) is 5.52. The molecule has 1 aromatic heterocycles. The fourth-order valence-corrected chi connectivity index (χ4v) is 1.44. The Kier molecular flexibility index (Phi) is 5.83. The van der Waals surface area contributed by atoms with E-state index in [1.165, 1.54) is 0 Å². The highest BCUT2D eigenvalue weighted by molar-refractivity contribution is 5.85. The topological polar surface area (TPSA) is 72.9 Å². The van der Waals surface area contributed by atoms with Gasteiger partial charge < -0.3 is 11.1 Å². The number of aromatic nitrogens is 2. The summed E-state index contributed by atoms with van der Waals surface area (Å²) in [6, 6.07) is -0.591. The van der Waals surface area contributed by atoms with Gasteiger partial charge in [-0.25, -0.2) is 0 Å². The number of nitrogens with one attached hydrogen (secondary N) is 1. The van der Waals surface area contributed by atoms with Crippen LogP contribution in [-0.4, -0.2) is 21.7 Å². The van der Waals surface area contributed by atoms with Gasteiger partial charge >= 0.3 is 0 Å². The van der Waals surface area contributed by atoms with Gasteiger partial charge in [0.2, 0.25) is 5.91 Å². The molecular weight excluding hydrogens is 252 g/mol. The summed E-state index contributed by atoms with van der Waals surface area (Å²) in [5.41, 5.74) is 6.63. The van der Waals surface area contributed by atoms with Crippen LogP contribution in [0.4, 0.5) is 0 Å². The molecule has 6 heteroatoms. The molecule has 104 valence electrons. The summed E-state index contributed by atoms with van der Waals surface area (Å²) in [4.78, 5) is 11.9. The lowest BCUT2D eigenvalue weighted by Gasteiger charge is -2.27. The normalized spacial score (nSPS) is 14.6. The van der Waals surface area contributed by atoms with Gasteiger partial charge in [0.15, 0.2) is 0 Å². The predicted octanol–water partition coefficient (Wildman–Crippen LogP) is 1.39. The molecule has 1 amide bonds. The average Bonchev–Trinajstić information content (AvgIpc) is 2.62. The van der Waals surface area contributed by atoms with E-state index in [2.05, 4.69) is 10.4 Å². The molecule has 5 nitrogen and oxygen atoms in total. The summed E-state index contributed by atoms with van der Waals surface area (Å²) >= 11 is 0. The van der Waals surface area contributed by atoms with Gasteiger partial charge in [0.05, 0.1) is 18.3 Å². The Labute approximate surface area is 115 Å². The second-order valence-corrected chi connectivity index (χ2v) is 5.52. The standard InChI is InChI=1S/C12H22N4O.ClH/c1-8(9-6-14-16(5)7-9)15-11(17)10(13)12(2,3)4;/h6-8,10H,13H2,1-5H3,(H,15,17);1H/t8?,10-;/m1./s1. The monoisotopic (exact) mass is 274 g/mol. The molecule has 2 atom stereocenters. The third-order valence-corrected chi connectivity index (χ3v) is 2.80. The molecule has 1 unspecified atom stereocenters. The first-order valence-electron chi connectivity index (χ1n) is 5.76. The van der Waals surface area contributed by atoms with Gasteiger partial charge in [0, 0.05) is 18.8 Å². The number of hydrogen-bond donors (Lipinski definition) is 2. The van der Waals surface area contributed by atoms with Gasteiger partial charge in [0.1, 0.15) is 0 Å². The maximum atomic E-state index is 11.9. The molecule has 0 aliphatic heterocycles. The number of hydrogen-bond acceptors (Lipinski definition) is 3. The molecule has 0 aliphatic carbocycles. The first-order chi connectivity index (χ1) is 7.71. The van der Waals surface area contributed by atoms with Crippen molar-refractivity contribution in [2.75, 3.05) is 0 Å². The SMILES string of the molecule is CC(NC(=O)[C@@H](N)C(C)(C)C)c1cnn(C)c1.Cl. The van der Waals surface area contributed by atoms with Gasteiger partial charge in [-0.2, -0.15) is 5.10 Å². The Morgan fingerprint density at radius 2 is 2.06 bits per heavy atom. The van der Waals surface area contributed by atoms with Crippen molar-refractivity contribution in [3.05, 3.63) is 18.0 Å². The predicted molar refractivity (Wildman–Crippen MR) is 74.4 cm³/mol. The van der Waals surface area contributed by atoms with E-state index in [-0.39, 0.29) is 29.8 Å². The Morgan fingerprint density at radius 3 is 2.44 bits per heavy atom. The van der Waals surface area contributed by atoms with Crippen molar-refractivity contribution in [1.29, 1.82) is 0 Å². The van der Waals surface area contributed by atoms with Gasteiger partial charge in [-0.15, -0.1) is 12.4 Å². The maximum absolute atomic E-state index is 11.9. The second kappa shape index (κ2) is 6.20. The molecule has 1 rings (SSSR count). The summed E-state index contributed by atoms with van der Waals surface area (Å²) in [6.07, 6.45) is 3.63. The average molecular weight is 275 g/mol. The lowest BCUT2D eigenvalue weighted by Crippen LogP contribution is -2.49. The summed E-state index contributed by atoms with van der Waals surface area (Å²) in [7, 11) is 1.85. The minimum atomic E-state index is -0.512. The van der Waals surface area contributed by atoms with E-state index in [4.69, 9.17) is 5.73 Å². The number of nitrogens with two attached hydrogens (primary N) is 1. The van der Waals surface area contributed by atoms with Crippen LogP contribution in [0.3, 0.4) is 0 Å². The van der Waals surface area contributed by atoms with Crippen LogP contribution in [0, 0.1) is 5.41 Å². The fraction of sp³-hybridized carbons (Fsp3) is 0.667. The van der Waals surface area contributed by atoms with Gasteiger partial charge in [-0.3, -0.25) is 9.48 Å². The lowest BCUT2D eigenvalue weighted by molar-refractivity contribution is -0.125. The van der Waals surface area contributed by atoms with E-state index in [0.29, 0.717) is 0 Å². The van der Waals surface area contributed by atoms with Crippen molar-refractivity contribution in [1.82, 2.24) is 15.1 Å². The van der Waals surface area contributed by atoms with Crippen LogP contribution in [0.15, 0.2) is 12.4 Å². The molecule has 0 saturated heterocycles. The van der Waals surface area contributed by atoms with Crippen molar-refractivity contribution in [2.24, 2.45) is 18.2 Å². The Bertz CT molecular complexity index is 397. The molecule has 18 heavy (non-hydrogen) atoms. The van der Waals surface area contributed by atoms with Gasteiger partial charge in [-0.05, 0) is 12.3 Å². The number of halogens is 1. The van der Waals surface area contributed by atoms with Crippen LogP contribution < -0.4 is 11.1 Å². The molecule has 0 aliphatic rings. The number of aryl methyl sites for hydroxylation is 1. The van der Waals surface area contributed by atoms with E-state index >= 15 is 0 Å². The largest absolute Gasteiger partial charge is 0.348 e. The van der Waals surface area contributed by atoms with Gasteiger partial charge in [0.25, 0.3) is 0 Å². The van der Waals surface area contributed by atoms with Crippen molar-refractivity contribution in [3.8, 4) is 0 Å². The van der Waals surface area contributed by atoms with Crippen LogP contribution in [0.25, 0.3) is 0 Å². The molecule has 1 aromatic rings. The summed E-state index contributed by atoms with van der Waals surface area (Å²) in [5.74, 6) is -0.131. The van der Waals surface area contributed by atoms with E-state index in [9.17, 15) is 4.79 Å². The van der Waals surface area contributed by atoms with Crippen LogP contribution in [0.5, 0.6) is 0 Å². The van der Waals surface area contributed by atoms with E-state index < -0.39 is 6.04 Å². The molecule has 1 heterocycles. The molecule has 0 spiro atoms. The summed E-state index contributed by atoms with van der Waals surface area (Å²) in [6.45, 7) is 7.77. The zero-order valence-corrected chi connectivity index (χ0v) is 12.4. The number of carbonyl (C=O) groups excluding carboxylic acids is 1. The highest BCUT2D eigenvalue weighted by atomic mass is 35.5. The minimum Gasteiger partial charge on any atom is -0.348 e. The van der Waals surface area contributed by atoms with E-state index in [1.807, 2.05) is 40.9 Å². The Morgan fingerprint density at radius 1 is 1.50 bits per heavy atom. The fourth-order valence-electron chi connectivity index (χ4n) is 1.44. The molecule has 0 radical (unpaired) electrons. The van der Waals surface area contributed by atoms with E-state index in [1.54, 1.807) is 10.9 Å². The molecule has 3 N–H and O–H groups in total. The highest BCUT2D eigenvalue weighted by Gasteiger charge is 2.28. The maximum Gasteiger partial charge on any atom is 0.237 e. The molecule has 0 saturated carbocycles. The molecular formula is C12H23ClN4O. The molecule has 0 bridgehead atoms. The smallest absolute Gasteiger partial charge is 0.237 e. The van der Waals surface area contributed by atoms with E-state index in [0.717, 1.165) is 5.56 Å². The third kappa shape index (κ3) is 4.31. The minimum absolute atomic E-state index is 0. The third-order valence-electron chi connectivity index (χ3n) is 2.80. The number of carbonyl (C=O) groups is 1. The van der Waals surface area contributed by atoms with Crippen molar-refractivity contribution in [2.45, 2.75) is 39.8 Å². The number of amides is 1. The lowest BCUT2D eigenvalue weighted by atomic mass is 9.87. The van der Waals surface area contributed by atoms with Crippen molar-refractivity contribution < 1.29 is 4.79 Å².